The first-order valence-corrected chi connectivity index (χ1v) is 10.2. The monoisotopic (exact) mass is 450 g/mol. The van der Waals surface area contributed by atoms with Gasteiger partial charge in [-0.25, -0.2) is 9.59 Å². The molecule has 3 aromatic rings. The summed E-state index contributed by atoms with van der Waals surface area (Å²) in [6.07, 6.45) is 0.444. The molecule has 1 aliphatic rings. The Morgan fingerprint density at radius 3 is 2.27 bits per heavy atom. The van der Waals surface area contributed by atoms with Crippen molar-refractivity contribution in [2.45, 2.75) is 12.0 Å². The van der Waals surface area contributed by atoms with Crippen molar-refractivity contribution in [3.63, 3.8) is 0 Å². The molecular formula is C24H22N2O7. The summed E-state index contributed by atoms with van der Waals surface area (Å²) in [4.78, 5) is 36.1. The molecule has 4 rings (SSSR count). The molecule has 1 atom stereocenters. The average Bonchev–Trinajstić information content (AvgIpc) is 3.40. The molecule has 3 N–H and O–H groups in total. The zero-order valence-electron chi connectivity index (χ0n) is 17.7. The van der Waals surface area contributed by atoms with E-state index in [0.29, 0.717) is 0 Å². The van der Waals surface area contributed by atoms with Crippen LogP contribution in [0.15, 0.2) is 65.3 Å². The Morgan fingerprint density at radius 2 is 1.67 bits per heavy atom. The SMILES string of the molecule is COC[C@H](NC(=O)c1occc1NC(=O)OCC1c2ccccc2-c2ccccc21)C(=O)O. The number of carboxylic acid groups (broad SMARTS) is 1. The van der Waals surface area contributed by atoms with E-state index in [1.54, 1.807) is 0 Å². The molecule has 1 aromatic heterocycles. The van der Waals surface area contributed by atoms with Crippen molar-refractivity contribution < 1.29 is 33.4 Å². The standard InChI is InChI=1S/C24H22N2O7/c1-31-13-20(23(28)29)25-22(27)21-19(10-11-32-21)26-24(30)33-12-18-16-8-4-2-6-14(16)15-7-3-5-9-17(15)18/h2-11,18,20H,12-13H2,1H3,(H,25,27)(H,26,30)(H,28,29)/t20-/m0/s1. The fourth-order valence-electron chi connectivity index (χ4n) is 3.89. The number of amides is 2. The normalized spacial score (nSPS) is 13.0. The van der Waals surface area contributed by atoms with E-state index in [4.69, 9.17) is 19.0 Å². The van der Waals surface area contributed by atoms with Crippen LogP contribution in [0.25, 0.3) is 11.1 Å². The highest BCUT2D eigenvalue weighted by atomic mass is 16.5. The van der Waals surface area contributed by atoms with Crippen LogP contribution < -0.4 is 10.6 Å². The summed E-state index contributed by atoms with van der Waals surface area (Å²) in [6.45, 7) is -0.120. The Morgan fingerprint density at radius 1 is 1.03 bits per heavy atom. The number of aliphatic carboxylic acids is 1. The molecule has 0 fully saturated rings. The van der Waals surface area contributed by atoms with Gasteiger partial charge in [0.25, 0.3) is 5.91 Å². The van der Waals surface area contributed by atoms with Gasteiger partial charge in [0.2, 0.25) is 5.76 Å². The number of rotatable bonds is 8. The van der Waals surface area contributed by atoms with E-state index < -0.39 is 24.0 Å². The first-order valence-electron chi connectivity index (χ1n) is 10.2. The molecule has 9 heteroatoms. The second-order valence-electron chi connectivity index (χ2n) is 7.43. The van der Waals surface area contributed by atoms with Crippen LogP contribution in [0.2, 0.25) is 0 Å². The summed E-state index contributed by atoms with van der Waals surface area (Å²) in [7, 11) is 1.32. The molecule has 170 valence electrons. The molecular weight excluding hydrogens is 428 g/mol. The topological polar surface area (TPSA) is 127 Å². The number of carbonyl (C=O) groups excluding carboxylic acids is 2. The van der Waals surface area contributed by atoms with Gasteiger partial charge in [0.15, 0.2) is 6.04 Å². The van der Waals surface area contributed by atoms with E-state index in [2.05, 4.69) is 10.6 Å². The number of fused-ring (bicyclic) bond motifs is 3. The highest BCUT2D eigenvalue weighted by Crippen LogP contribution is 2.44. The molecule has 0 unspecified atom stereocenters. The minimum absolute atomic E-state index is 0.0614. The van der Waals surface area contributed by atoms with Crippen molar-refractivity contribution in [3.05, 3.63) is 77.7 Å². The van der Waals surface area contributed by atoms with Gasteiger partial charge in [-0.1, -0.05) is 48.5 Å². The van der Waals surface area contributed by atoms with Crippen LogP contribution in [0.1, 0.15) is 27.6 Å². The van der Waals surface area contributed by atoms with Crippen molar-refractivity contribution in [2.75, 3.05) is 25.6 Å². The fourth-order valence-corrected chi connectivity index (χ4v) is 3.89. The van der Waals surface area contributed by atoms with Gasteiger partial charge in [-0.2, -0.15) is 0 Å². The maximum absolute atomic E-state index is 12.5. The Kier molecular flexibility index (Phi) is 6.41. The maximum Gasteiger partial charge on any atom is 0.411 e. The lowest BCUT2D eigenvalue weighted by Crippen LogP contribution is -2.43. The third kappa shape index (κ3) is 4.58. The Balaban J connectivity index is 1.41. The number of anilines is 1. The number of methoxy groups -OCH3 is 1. The molecule has 2 aromatic carbocycles. The second-order valence-corrected chi connectivity index (χ2v) is 7.43. The van der Waals surface area contributed by atoms with Crippen molar-refractivity contribution in [3.8, 4) is 11.1 Å². The Labute approximate surface area is 189 Å². The Bertz CT molecular complexity index is 1140. The molecule has 9 nitrogen and oxygen atoms in total. The summed E-state index contributed by atoms with van der Waals surface area (Å²) < 4.78 is 15.4. The number of carbonyl (C=O) groups is 3. The van der Waals surface area contributed by atoms with Crippen LogP contribution in [0.5, 0.6) is 0 Å². The van der Waals surface area contributed by atoms with Crippen molar-refractivity contribution >= 4 is 23.7 Å². The van der Waals surface area contributed by atoms with E-state index in [9.17, 15) is 14.4 Å². The fraction of sp³-hybridized carbons (Fsp3) is 0.208. The van der Waals surface area contributed by atoms with Gasteiger partial charge in [-0.15, -0.1) is 0 Å². The van der Waals surface area contributed by atoms with E-state index in [0.717, 1.165) is 22.3 Å². The first-order chi connectivity index (χ1) is 16.0. The Hall–Kier alpha value is -4.11. The minimum atomic E-state index is -1.27. The largest absolute Gasteiger partial charge is 0.480 e. The van der Waals surface area contributed by atoms with Gasteiger partial charge in [-0.05, 0) is 22.3 Å². The quantitative estimate of drug-likeness (QED) is 0.480. The second kappa shape index (κ2) is 9.58. The van der Waals surface area contributed by atoms with E-state index >= 15 is 0 Å². The van der Waals surface area contributed by atoms with Crippen molar-refractivity contribution in [2.24, 2.45) is 0 Å². The molecule has 0 radical (unpaired) electrons. The molecule has 0 bridgehead atoms. The van der Waals surface area contributed by atoms with Crippen LogP contribution in [-0.2, 0) is 14.3 Å². The first kappa shape index (κ1) is 22.1. The predicted molar refractivity (Wildman–Crippen MR) is 118 cm³/mol. The van der Waals surface area contributed by atoms with Gasteiger partial charge >= 0.3 is 12.1 Å². The van der Waals surface area contributed by atoms with E-state index in [-0.39, 0.29) is 30.6 Å². The number of nitrogens with one attached hydrogen (secondary N) is 2. The summed E-state index contributed by atoms with van der Waals surface area (Å²) in [5.74, 6) is -2.42. The number of furan rings is 1. The lowest BCUT2D eigenvalue weighted by molar-refractivity contribution is -0.140. The van der Waals surface area contributed by atoms with Gasteiger partial charge in [0, 0.05) is 19.1 Å². The molecule has 0 saturated heterocycles. The number of ether oxygens (including phenoxy) is 2. The van der Waals surface area contributed by atoms with E-state index in [1.165, 1.54) is 19.4 Å². The van der Waals surface area contributed by atoms with Crippen LogP contribution >= 0.6 is 0 Å². The molecule has 0 aliphatic heterocycles. The van der Waals surface area contributed by atoms with Gasteiger partial charge < -0.3 is 24.3 Å². The molecule has 1 aliphatic carbocycles. The molecule has 1 heterocycles. The van der Waals surface area contributed by atoms with E-state index in [1.807, 2.05) is 48.5 Å². The predicted octanol–water partition coefficient (Wildman–Crippen LogP) is 3.47. The number of carboxylic acids is 1. The lowest BCUT2D eigenvalue weighted by atomic mass is 9.98. The maximum atomic E-state index is 12.5. The number of benzene rings is 2. The van der Waals surface area contributed by atoms with Gasteiger partial charge in [0.05, 0.1) is 18.6 Å². The zero-order valence-corrected chi connectivity index (χ0v) is 17.7. The van der Waals surface area contributed by atoms with Gasteiger partial charge in [-0.3, -0.25) is 10.1 Å². The number of hydrogen-bond donors (Lipinski definition) is 3. The minimum Gasteiger partial charge on any atom is -0.480 e. The third-order valence-electron chi connectivity index (χ3n) is 5.39. The smallest absolute Gasteiger partial charge is 0.411 e. The van der Waals surface area contributed by atoms with Crippen molar-refractivity contribution in [1.29, 1.82) is 0 Å². The summed E-state index contributed by atoms with van der Waals surface area (Å²) in [5.41, 5.74) is 4.44. The summed E-state index contributed by atoms with van der Waals surface area (Å²) in [5, 5.41) is 13.9. The zero-order chi connectivity index (χ0) is 23.4. The highest BCUT2D eigenvalue weighted by molar-refractivity contribution is 6.01. The number of hydrogen-bond acceptors (Lipinski definition) is 6. The lowest BCUT2D eigenvalue weighted by Gasteiger charge is -2.15. The molecule has 2 amide bonds. The van der Waals surface area contributed by atoms with Crippen LogP contribution in [0, 0.1) is 0 Å². The van der Waals surface area contributed by atoms with Crippen molar-refractivity contribution in [1.82, 2.24) is 5.32 Å². The highest BCUT2D eigenvalue weighted by Gasteiger charge is 2.29. The third-order valence-corrected chi connectivity index (χ3v) is 5.39. The summed E-state index contributed by atoms with van der Waals surface area (Å²) >= 11 is 0. The molecule has 33 heavy (non-hydrogen) atoms. The molecule has 0 spiro atoms. The molecule has 0 saturated carbocycles. The van der Waals surface area contributed by atoms with Crippen LogP contribution in [0.3, 0.4) is 0 Å². The average molecular weight is 450 g/mol. The van der Waals surface area contributed by atoms with Crippen LogP contribution in [-0.4, -0.2) is 49.4 Å². The summed E-state index contributed by atoms with van der Waals surface area (Å²) in [6, 6.07) is 16.0. The van der Waals surface area contributed by atoms with Gasteiger partial charge in [0.1, 0.15) is 6.61 Å². The van der Waals surface area contributed by atoms with Crippen LogP contribution in [0.4, 0.5) is 10.5 Å².